The molecular formula is C11H16N4O2. The van der Waals surface area contributed by atoms with Gasteiger partial charge >= 0.3 is 5.97 Å². The van der Waals surface area contributed by atoms with E-state index in [1.165, 1.54) is 0 Å². The second-order valence-corrected chi connectivity index (χ2v) is 3.98. The molecule has 92 valence electrons. The minimum Gasteiger partial charge on any atom is -0.461 e. The summed E-state index contributed by atoms with van der Waals surface area (Å²) in [6.07, 6.45) is 6.66. The number of ether oxygens (including phenoxy) is 1. The zero-order chi connectivity index (χ0) is 12.3. The van der Waals surface area contributed by atoms with E-state index < -0.39 is 5.97 Å². The Hall–Kier alpha value is -1.85. The van der Waals surface area contributed by atoms with Gasteiger partial charge in [0.2, 0.25) is 0 Å². The number of hydrogen-bond donors (Lipinski definition) is 0. The second kappa shape index (κ2) is 4.99. The lowest BCUT2D eigenvalue weighted by Crippen LogP contribution is -2.22. The third-order valence-corrected chi connectivity index (χ3v) is 2.67. The van der Waals surface area contributed by atoms with Gasteiger partial charge in [0.25, 0.3) is 0 Å². The number of hydrogen-bond acceptors (Lipinski definition) is 5. The Balaban J connectivity index is 2.08. The topological polar surface area (TPSA) is 60.2 Å². The maximum atomic E-state index is 11.4. The van der Waals surface area contributed by atoms with Crippen molar-refractivity contribution in [1.82, 2.24) is 19.9 Å². The molecule has 2 rings (SSSR count). The molecule has 1 aromatic heterocycles. The first-order valence-corrected chi connectivity index (χ1v) is 5.68. The van der Waals surface area contributed by atoms with Crippen LogP contribution in [-0.4, -0.2) is 46.1 Å². The first-order valence-electron chi connectivity index (χ1n) is 5.68. The Kier molecular flexibility index (Phi) is 3.41. The monoisotopic (exact) mass is 236 g/mol. The summed E-state index contributed by atoms with van der Waals surface area (Å²) in [5.41, 5.74) is 0.263. The predicted octanol–water partition coefficient (Wildman–Crippen LogP) is 0.845. The Morgan fingerprint density at radius 3 is 3.12 bits per heavy atom. The van der Waals surface area contributed by atoms with Crippen LogP contribution >= 0.6 is 0 Å². The Labute approximate surface area is 99.9 Å². The van der Waals surface area contributed by atoms with Gasteiger partial charge in [-0.25, -0.2) is 9.48 Å². The number of carbonyl (C=O) groups is 1. The minimum absolute atomic E-state index is 0.168. The van der Waals surface area contributed by atoms with E-state index in [2.05, 4.69) is 15.2 Å². The molecular weight excluding hydrogens is 220 g/mol. The minimum atomic E-state index is -0.421. The Morgan fingerprint density at radius 1 is 1.65 bits per heavy atom. The summed E-state index contributed by atoms with van der Waals surface area (Å²) in [5.74, 6) is -0.421. The van der Waals surface area contributed by atoms with Crippen molar-refractivity contribution in [2.24, 2.45) is 0 Å². The van der Waals surface area contributed by atoms with E-state index >= 15 is 0 Å². The number of rotatable bonds is 3. The summed E-state index contributed by atoms with van der Waals surface area (Å²) < 4.78 is 6.57. The lowest BCUT2D eigenvalue weighted by molar-refractivity contribution is 0.0519. The molecule has 0 aromatic carbocycles. The van der Waals surface area contributed by atoms with Crippen LogP contribution in [0.2, 0.25) is 0 Å². The van der Waals surface area contributed by atoms with Crippen molar-refractivity contribution in [3.8, 4) is 0 Å². The van der Waals surface area contributed by atoms with Crippen molar-refractivity contribution in [2.75, 3.05) is 20.2 Å². The van der Waals surface area contributed by atoms with E-state index in [-0.39, 0.29) is 11.7 Å². The highest BCUT2D eigenvalue weighted by atomic mass is 16.5. The number of aromatic nitrogens is 3. The molecule has 17 heavy (non-hydrogen) atoms. The largest absolute Gasteiger partial charge is 0.461 e. The van der Waals surface area contributed by atoms with Crippen molar-refractivity contribution >= 4 is 5.97 Å². The van der Waals surface area contributed by atoms with Crippen molar-refractivity contribution in [2.45, 2.75) is 19.4 Å². The van der Waals surface area contributed by atoms with Gasteiger partial charge in [-0.05, 0) is 25.6 Å². The van der Waals surface area contributed by atoms with E-state index in [1.807, 2.05) is 19.3 Å². The summed E-state index contributed by atoms with van der Waals surface area (Å²) in [6, 6.07) is 0.168. The highest BCUT2D eigenvalue weighted by Crippen LogP contribution is 2.17. The van der Waals surface area contributed by atoms with Crippen molar-refractivity contribution in [3.05, 3.63) is 24.2 Å². The van der Waals surface area contributed by atoms with Crippen LogP contribution in [0.4, 0.5) is 0 Å². The number of esters is 1. The summed E-state index contributed by atoms with van der Waals surface area (Å²) in [4.78, 5) is 13.5. The zero-order valence-corrected chi connectivity index (χ0v) is 10.0. The first kappa shape index (κ1) is 11.6. The maximum absolute atomic E-state index is 11.4. The molecule has 1 unspecified atom stereocenters. The molecule has 0 amide bonds. The first-order chi connectivity index (χ1) is 8.20. The van der Waals surface area contributed by atoms with Gasteiger partial charge in [0.15, 0.2) is 5.69 Å². The summed E-state index contributed by atoms with van der Waals surface area (Å²) in [5, 5.41) is 7.78. The van der Waals surface area contributed by atoms with Gasteiger partial charge in [-0.3, -0.25) is 0 Å². The lowest BCUT2D eigenvalue weighted by Gasteiger charge is -2.23. The average Bonchev–Trinajstić information content (AvgIpc) is 2.80. The standard InChI is InChI=1S/C11H16N4O2/c1-3-17-11(16)10-8-15(13-12-10)9-4-6-14(2)7-5-9/h4,6,8-9H,3,5,7H2,1-2H3. The molecule has 0 spiro atoms. The number of nitrogens with zero attached hydrogens (tertiary/aromatic N) is 4. The SMILES string of the molecule is CCOC(=O)c1cn(C2C=CN(C)CC2)nn1. The fourth-order valence-corrected chi connectivity index (χ4v) is 1.71. The Bertz CT molecular complexity index is 427. The average molecular weight is 236 g/mol. The van der Waals surface area contributed by atoms with Gasteiger partial charge in [0.1, 0.15) is 0 Å². The molecule has 0 radical (unpaired) electrons. The summed E-state index contributed by atoms with van der Waals surface area (Å²) >= 11 is 0. The zero-order valence-electron chi connectivity index (χ0n) is 10.0. The maximum Gasteiger partial charge on any atom is 0.360 e. The third kappa shape index (κ3) is 2.64. The van der Waals surface area contributed by atoms with Crippen LogP contribution in [0.5, 0.6) is 0 Å². The molecule has 0 saturated heterocycles. The van der Waals surface area contributed by atoms with Crippen molar-refractivity contribution in [3.63, 3.8) is 0 Å². The molecule has 1 aliphatic heterocycles. The summed E-state index contributed by atoms with van der Waals surface area (Å²) in [7, 11) is 2.03. The predicted molar refractivity (Wildman–Crippen MR) is 61.4 cm³/mol. The van der Waals surface area contributed by atoms with E-state index in [9.17, 15) is 4.79 Å². The third-order valence-electron chi connectivity index (χ3n) is 2.67. The van der Waals surface area contributed by atoms with Crippen LogP contribution in [0.15, 0.2) is 18.5 Å². The van der Waals surface area contributed by atoms with Crippen molar-refractivity contribution in [1.29, 1.82) is 0 Å². The fraction of sp³-hybridized carbons (Fsp3) is 0.545. The molecule has 0 N–H and O–H groups in total. The van der Waals surface area contributed by atoms with Crippen LogP contribution in [0.25, 0.3) is 0 Å². The number of allylic oxidation sites excluding steroid dienone is 1. The second-order valence-electron chi connectivity index (χ2n) is 3.98. The molecule has 0 saturated carbocycles. The molecule has 0 bridgehead atoms. The van der Waals surface area contributed by atoms with Gasteiger partial charge in [0.05, 0.1) is 18.8 Å². The molecule has 2 heterocycles. The van der Waals surface area contributed by atoms with Gasteiger partial charge < -0.3 is 9.64 Å². The molecule has 0 aliphatic carbocycles. The molecule has 6 heteroatoms. The molecule has 1 aliphatic rings. The molecule has 0 fully saturated rings. The summed E-state index contributed by atoms with van der Waals surface area (Å²) in [6.45, 7) is 3.08. The van der Waals surface area contributed by atoms with Crippen LogP contribution in [0.3, 0.4) is 0 Å². The van der Waals surface area contributed by atoms with Gasteiger partial charge in [0, 0.05) is 13.6 Å². The number of carbonyl (C=O) groups excluding carboxylic acids is 1. The molecule has 1 aromatic rings. The Morgan fingerprint density at radius 2 is 2.47 bits per heavy atom. The fourth-order valence-electron chi connectivity index (χ4n) is 1.71. The molecule has 6 nitrogen and oxygen atoms in total. The van der Waals surface area contributed by atoms with Crippen LogP contribution in [0, 0.1) is 0 Å². The van der Waals surface area contributed by atoms with Crippen LogP contribution in [-0.2, 0) is 4.74 Å². The highest BCUT2D eigenvalue weighted by Gasteiger charge is 2.17. The van der Waals surface area contributed by atoms with Gasteiger partial charge in [-0.2, -0.15) is 0 Å². The van der Waals surface area contributed by atoms with Gasteiger partial charge in [-0.15, -0.1) is 5.10 Å². The quantitative estimate of drug-likeness (QED) is 0.728. The normalized spacial score (nSPS) is 19.4. The van der Waals surface area contributed by atoms with E-state index in [0.717, 1.165) is 13.0 Å². The van der Waals surface area contributed by atoms with Crippen LogP contribution in [0.1, 0.15) is 29.9 Å². The molecule has 1 atom stereocenters. The van der Waals surface area contributed by atoms with Crippen molar-refractivity contribution < 1.29 is 9.53 Å². The van der Waals surface area contributed by atoms with Gasteiger partial charge in [-0.1, -0.05) is 5.21 Å². The smallest absolute Gasteiger partial charge is 0.360 e. The van der Waals surface area contributed by atoms with E-state index in [4.69, 9.17) is 4.74 Å². The van der Waals surface area contributed by atoms with Crippen LogP contribution < -0.4 is 0 Å². The van der Waals surface area contributed by atoms with E-state index in [1.54, 1.807) is 17.8 Å². The van der Waals surface area contributed by atoms with E-state index in [0.29, 0.717) is 6.61 Å². The lowest BCUT2D eigenvalue weighted by atomic mass is 10.1. The highest BCUT2D eigenvalue weighted by molar-refractivity contribution is 5.86.